The fourth-order valence-corrected chi connectivity index (χ4v) is 5.51. The molecular weight excluding hydrogens is 439 g/mol. The molecule has 154 valence electrons. The number of hydrogen-bond acceptors (Lipinski definition) is 5. The van der Waals surface area contributed by atoms with E-state index in [4.69, 9.17) is 32.9 Å². The zero-order chi connectivity index (χ0) is 20.8. The Morgan fingerprint density at radius 3 is 2.23 bits per heavy atom. The van der Waals surface area contributed by atoms with E-state index in [1.165, 1.54) is 11.8 Å². The predicted molar refractivity (Wildman–Crippen MR) is 122 cm³/mol. The molecule has 3 aliphatic rings. The Balaban J connectivity index is 1.61. The number of esters is 1. The first kappa shape index (κ1) is 20.0. The van der Waals surface area contributed by atoms with Gasteiger partial charge in [0, 0.05) is 21.7 Å². The number of rotatable bonds is 5. The van der Waals surface area contributed by atoms with Crippen molar-refractivity contribution in [3.05, 3.63) is 80.3 Å². The van der Waals surface area contributed by atoms with Crippen LogP contribution in [0, 0.1) is 5.92 Å². The number of amidine groups is 1. The summed E-state index contributed by atoms with van der Waals surface area (Å²) in [6.07, 6.45) is 2.17. The average molecular weight is 459 g/mol. The molecule has 0 radical (unpaired) electrons. The molecule has 1 fully saturated rings. The maximum Gasteiger partial charge on any atom is 0.346 e. The Kier molecular flexibility index (Phi) is 5.30. The van der Waals surface area contributed by atoms with Crippen LogP contribution in [0.5, 0.6) is 0 Å². The number of ether oxygens (including phenoxy) is 1. The second kappa shape index (κ2) is 7.95. The molecule has 2 atom stereocenters. The van der Waals surface area contributed by atoms with Crippen LogP contribution in [0.15, 0.2) is 64.1 Å². The molecule has 0 aromatic heterocycles. The molecule has 2 aromatic carbocycles. The number of hydrogen-bond donors (Lipinski definition) is 0. The zero-order valence-electron chi connectivity index (χ0n) is 16.3. The van der Waals surface area contributed by atoms with E-state index in [0.29, 0.717) is 27.5 Å². The molecule has 2 aliphatic heterocycles. The van der Waals surface area contributed by atoms with Crippen molar-refractivity contribution in [2.45, 2.75) is 31.8 Å². The summed E-state index contributed by atoms with van der Waals surface area (Å²) in [7, 11) is 0. The summed E-state index contributed by atoms with van der Waals surface area (Å²) in [5, 5.41) is 2.26. The van der Waals surface area contributed by atoms with Gasteiger partial charge in [-0.3, -0.25) is 4.99 Å². The van der Waals surface area contributed by atoms with Crippen LogP contribution in [0.25, 0.3) is 0 Å². The molecule has 0 bridgehead atoms. The van der Waals surface area contributed by atoms with Crippen molar-refractivity contribution in [1.29, 1.82) is 0 Å². The third kappa shape index (κ3) is 3.53. The highest BCUT2D eigenvalue weighted by molar-refractivity contribution is 8.18. The SMILES string of the molecule is CCOC(=O)C1=C(C2CC2)N2C(=NC(c3ccc(Cl)cc3)C2c2ccc(Cl)cc2)S1. The second-order valence-electron chi connectivity index (χ2n) is 7.59. The Bertz CT molecular complexity index is 1050. The lowest BCUT2D eigenvalue weighted by Gasteiger charge is -2.30. The number of thioether (sulfide) groups is 1. The fourth-order valence-electron chi connectivity index (χ4n) is 4.08. The van der Waals surface area contributed by atoms with Crippen molar-refractivity contribution >= 4 is 46.1 Å². The van der Waals surface area contributed by atoms with Crippen molar-refractivity contribution in [2.24, 2.45) is 10.9 Å². The summed E-state index contributed by atoms with van der Waals surface area (Å²) in [5.41, 5.74) is 3.27. The monoisotopic (exact) mass is 458 g/mol. The van der Waals surface area contributed by atoms with Crippen LogP contribution in [0.3, 0.4) is 0 Å². The van der Waals surface area contributed by atoms with E-state index in [-0.39, 0.29) is 18.1 Å². The predicted octanol–water partition coefficient (Wildman–Crippen LogP) is 6.38. The van der Waals surface area contributed by atoms with E-state index in [0.717, 1.165) is 34.8 Å². The molecule has 2 unspecified atom stereocenters. The lowest BCUT2D eigenvalue weighted by Crippen LogP contribution is -2.28. The van der Waals surface area contributed by atoms with Crippen molar-refractivity contribution in [3.8, 4) is 0 Å². The Labute approximate surface area is 189 Å². The minimum absolute atomic E-state index is 0.0477. The first-order valence-electron chi connectivity index (χ1n) is 10.0. The number of allylic oxidation sites excluding steroid dienone is 1. The second-order valence-corrected chi connectivity index (χ2v) is 9.44. The Hall–Kier alpha value is -1.95. The van der Waals surface area contributed by atoms with Gasteiger partial charge in [0.15, 0.2) is 5.17 Å². The quantitative estimate of drug-likeness (QED) is 0.487. The van der Waals surface area contributed by atoms with Gasteiger partial charge in [-0.25, -0.2) is 4.79 Å². The average Bonchev–Trinajstić information content (AvgIpc) is 3.41. The van der Waals surface area contributed by atoms with Gasteiger partial charge in [-0.05, 0) is 66.9 Å². The molecule has 0 spiro atoms. The van der Waals surface area contributed by atoms with Crippen LogP contribution in [-0.4, -0.2) is 22.6 Å². The summed E-state index contributed by atoms with van der Waals surface area (Å²) >= 11 is 13.7. The standard InChI is InChI=1S/C23H20Cl2N2O2S/c1-2-29-22(28)21-20(15-3-4-15)27-19(14-7-11-17(25)12-8-14)18(26-23(27)30-21)13-5-9-16(24)10-6-13/h5-12,15,18-19H,2-4H2,1H3. The van der Waals surface area contributed by atoms with Crippen LogP contribution in [0.1, 0.15) is 43.0 Å². The summed E-state index contributed by atoms with van der Waals surface area (Å²) in [6.45, 7) is 2.20. The van der Waals surface area contributed by atoms with Crippen molar-refractivity contribution in [2.75, 3.05) is 6.61 Å². The Morgan fingerprint density at radius 2 is 1.67 bits per heavy atom. The number of fused-ring (bicyclic) bond motifs is 1. The maximum absolute atomic E-state index is 12.7. The first-order chi connectivity index (χ1) is 14.6. The molecule has 0 saturated heterocycles. The van der Waals surface area contributed by atoms with E-state index in [1.54, 1.807) is 0 Å². The van der Waals surface area contributed by atoms with Gasteiger partial charge in [0.05, 0.1) is 12.6 Å². The smallest absolute Gasteiger partial charge is 0.346 e. The van der Waals surface area contributed by atoms with Crippen molar-refractivity contribution in [1.82, 2.24) is 4.90 Å². The van der Waals surface area contributed by atoms with Gasteiger partial charge in [0.25, 0.3) is 0 Å². The highest BCUT2D eigenvalue weighted by atomic mass is 35.5. The molecule has 2 heterocycles. The van der Waals surface area contributed by atoms with Crippen LogP contribution in [0.4, 0.5) is 0 Å². The summed E-state index contributed by atoms with van der Waals surface area (Å²) in [6, 6.07) is 15.6. The number of benzene rings is 2. The van der Waals surface area contributed by atoms with Crippen molar-refractivity contribution in [3.63, 3.8) is 0 Å². The molecule has 4 nitrogen and oxygen atoms in total. The fraction of sp³-hybridized carbons (Fsp3) is 0.304. The summed E-state index contributed by atoms with van der Waals surface area (Å²) in [4.78, 5) is 20.7. The van der Waals surface area contributed by atoms with Crippen LogP contribution in [-0.2, 0) is 9.53 Å². The molecule has 7 heteroatoms. The highest BCUT2D eigenvalue weighted by Gasteiger charge is 2.50. The van der Waals surface area contributed by atoms with E-state index >= 15 is 0 Å². The van der Waals surface area contributed by atoms with Gasteiger partial charge < -0.3 is 9.64 Å². The zero-order valence-corrected chi connectivity index (χ0v) is 18.7. The third-order valence-corrected chi connectivity index (χ3v) is 7.13. The molecule has 5 rings (SSSR count). The normalized spacial score (nSPS) is 22.9. The lowest BCUT2D eigenvalue weighted by atomic mass is 9.93. The van der Waals surface area contributed by atoms with Crippen molar-refractivity contribution < 1.29 is 9.53 Å². The molecule has 0 amide bonds. The number of carbonyl (C=O) groups excluding carboxylic acids is 1. The molecule has 2 aromatic rings. The minimum Gasteiger partial charge on any atom is -0.462 e. The number of aliphatic imine (C=N–C) groups is 1. The topological polar surface area (TPSA) is 41.9 Å². The Morgan fingerprint density at radius 1 is 1.07 bits per heavy atom. The summed E-state index contributed by atoms with van der Waals surface area (Å²) < 4.78 is 5.35. The van der Waals surface area contributed by atoms with Crippen LogP contribution >= 0.6 is 35.0 Å². The molecule has 1 saturated carbocycles. The molecule has 1 aliphatic carbocycles. The van der Waals surface area contributed by atoms with E-state index in [9.17, 15) is 4.79 Å². The van der Waals surface area contributed by atoms with Crippen LogP contribution < -0.4 is 0 Å². The number of nitrogens with zero attached hydrogens (tertiary/aromatic N) is 2. The van der Waals surface area contributed by atoms with Gasteiger partial charge in [0.2, 0.25) is 0 Å². The molecule has 0 N–H and O–H groups in total. The van der Waals surface area contributed by atoms with Gasteiger partial charge in [-0.1, -0.05) is 47.5 Å². The number of carbonyl (C=O) groups is 1. The van der Waals surface area contributed by atoms with E-state index in [2.05, 4.69) is 4.90 Å². The lowest BCUT2D eigenvalue weighted by molar-refractivity contribution is -0.137. The molecular formula is C23H20Cl2N2O2S. The number of halogens is 2. The van der Waals surface area contributed by atoms with Crippen LogP contribution in [0.2, 0.25) is 10.0 Å². The minimum atomic E-state index is -0.251. The highest BCUT2D eigenvalue weighted by Crippen LogP contribution is 2.56. The van der Waals surface area contributed by atoms with E-state index < -0.39 is 0 Å². The maximum atomic E-state index is 12.7. The summed E-state index contributed by atoms with van der Waals surface area (Å²) in [5.74, 6) is 0.128. The van der Waals surface area contributed by atoms with Gasteiger partial charge in [0.1, 0.15) is 10.9 Å². The van der Waals surface area contributed by atoms with E-state index in [1.807, 2.05) is 55.5 Å². The largest absolute Gasteiger partial charge is 0.462 e. The van der Waals surface area contributed by atoms with Gasteiger partial charge in [-0.2, -0.15) is 0 Å². The van der Waals surface area contributed by atoms with Gasteiger partial charge in [-0.15, -0.1) is 0 Å². The third-order valence-electron chi connectivity index (χ3n) is 5.57. The molecule has 30 heavy (non-hydrogen) atoms. The first-order valence-corrected chi connectivity index (χ1v) is 11.6. The van der Waals surface area contributed by atoms with Gasteiger partial charge >= 0.3 is 5.97 Å².